The number of hydrogen-bond donors (Lipinski definition) is 0. The molecule has 1 heterocycles. The molecule has 0 atom stereocenters. The van der Waals surface area contributed by atoms with Crippen LogP contribution in [0.1, 0.15) is 0 Å². The summed E-state index contributed by atoms with van der Waals surface area (Å²) in [6.45, 7) is 0. The number of nitrogens with zero attached hydrogens (tertiary/aromatic N) is 3. The van der Waals surface area contributed by atoms with Crippen molar-refractivity contribution >= 4 is 32.3 Å². The van der Waals surface area contributed by atoms with E-state index in [1.807, 2.05) is 12.1 Å². The molecule has 9 rings (SSSR count). The highest BCUT2D eigenvalue weighted by atomic mass is 15.0. The zero-order valence-electron chi connectivity index (χ0n) is 26.1. The first kappa shape index (κ1) is 27.8. The second-order valence-corrected chi connectivity index (χ2v) is 12.0. The van der Waals surface area contributed by atoms with E-state index in [1.54, 1.807) is 0 Å². The van der Waals surface area contributed by atoms with Crippen LogP contribution in [0.15, 0.2) is 176 Å². The highest BCUT2D eigenvalue weighted by Gasteiger charge is 2.18. The molecule has 0 unspecified atom stereocenters. The van der Waals surface area contributed by atoms with Gasteiger partial charge in [-0.3, -0.25) is 0 Å². The SMILES string of the molecule is c1ccc(-c2ccc(-c3nc(-c4cccc(-c5ccccc5)c4)nc(-c4cccc5c6ccccc6c6ccccc6c45)n3)cc2)cc1. The summed E-state index contributed by atoms with van der Waals surface area (Å²) >= 11 is 0. The van der Waals surface area contributed by atoms with Crippen LogP contribution in [0.2, 0.25) is 0 Å². The third-order valence-electron chi connectivity index (χ3n) is 9.12. The first-order chi connectivity index (χ1) is 23.8. The minimum atomic E-state index is 0.641. The fourth-order valence-electron chi connectivity index (χ4n) is 6.81. The molecule has 3 heteroatoms. The molecule has 3 nitrogen and oxygen atoms in total. The second kappa shape index (κ2) is 11.7. The average Bonchev–Trinajstić information content (AvgIpc) is 3.18. The number of rotatable bonds is 5. The monoisotopic (exact) mass is 611 g/mol. The molecule has 9 aromatic rings. The van der Waals surface area contributed by atoms with Gasteiger partial charge >= 0.3 is 0 Å². The van der Waals surface area contributed by atoms with Crippen LogP contribution in [0.5, 0.6) is 0 Å². The number of aromatic nitrogens is 3. The van der Waals surface area contributed by atoms with Crippen molar-refractivity contribution in [2.24, 2.45) is 0 Å². The largest absolute Gasteiger partial charge is 0.208 e. The molecule has 0 saturated heterocycles. The Labute approximate surface area is 278 Å². The Balaban J connectivity index is 1.29. The summed E-state index contributed by atoms with van der Waals surface area (Å²) in [6.07, 6.45) is 0. The van der Waals surface area contributed by atoms with Gasteiger partial charge in [0.1, 0.15) is 0 Å². The van der Waals surface area contributed by atoms with Gasteiger partial charge in [-0.05, 0) is 55.3 Å². The van der Waals surface area contributed by atoms with E-state index in [-0.39, 0.29) is 0 Å². The van der Waals surface area contributed by atoms with E-state index in [9.17, 15) is 0 Å². The Morgan fingerprint density at radius 2 is 0.646 bits per heavy atom. The van der Waals surface area contributed by atoms with Crippen LogP contribution in [0.3, 0.4) is 0 Å². The Kier molecular flexibility index (Phi) is 6.80. The molecule has 48 heavy (non-hydrogen) atoms. The maximum atomic E-state index is 5.21. The third kappa shape index (κ3) is 4.90. The molecule has 0 spiro atoms. The quantitative estimate of drug-likeness (QED) is 0.182. The lowest BCUT2D eigenvalue weighted by Gasteiger charge is -2.15. The van der Waals surface area contributed by atoms with E-state index >= 15 is 0 Å². The molecule has 0 amide bonds. The van der Waals surface area contributed by atoms with Crippen molar-refractivity contribution in [2.75, 3.05) is 0 Å². The second-order valence-electron chi connectivity index (χ2n) is 12.0. The summed E-state index contributed by atoms with van der Waals surface area (Å²) in [5.41, 5.74) is 7.46. The standard InChI is InChI=1S/C45H29N3/c1-3-13-30(14-4-1)32-25-27-33(28-26-32)43-46-44(35-18-11-17-34(29-35)31-15-5-2-6-16-31)48-45(47-43)41-24-12-23-40-38-20-8-7-19-36(38)37-21-9-10-22-39(37)42(40)41/h1-29H. The van der Waals surface area contributed by atoms with Gasteiger partial charge in [0.15, 0.2) is 17.5 Å². The first-order valence-corrected chi connectivity index (χ1v) is 16.2. The van der Waals surface area contributed by atoms with E-state index in [2.05, 4.69) is 164 Å². The Morgan fingerprint density at radius 3 is 1.29 bits per heavy atom. The zero-order chi connectivity index (χ0) is 31.9. The minimum Gasteiger partial charge on any atom is -0.208 e. The van der Waals surface area contributed by atoms with Crippen molar-refractivity contribution in [1.29, 1.82) is 0 Å². The molecule has 0 N–H and O–H groups in total. The van der Waals surface area contributed by atoms with Crippen LogP contribution >= 0.6 is 0 Å². The molecule has 0 saturated carbocycles. The molecule has 0 bridgehead atoms. The van der Waals surface area contributed by atoms with Gasteiger partial charge in [-0.2, -0.15) is 0 Å². The first-order valence-electron chi connectivity index (χ1n) is 16.2. The Morgan fingerprint density at radius 1 is 0.250 bits per heavy atom. The van der Waals surface area contributed by atoms with Gasteiger partial charge in [0.05, 0.1) is 0 Å². The zero-order valence-corrected chi connectivity index (χ0v) is 26.1. The van der Waals surface area contributed by atoms with E-state index < -0.39 is 0 Å². The molecule has 0 aliphatic heterocycles. The summed E-state index contributed by atoms with van der Waals surface area (Å²) in [5, 5.41) is 7.19. The minimum absolute atomic E-state index is 0.641. The van der Waals surface area contributed by atoms with Gasteiger partial charge < -0.3 is 0 Å². The number of hydrogen-bond acceptors (Lipinski definition) is 3. The number of benzene rings is 8. The lowest BCUT2D eigenvalue weighted by Crippen LogP contribution is -2.01. The van der Waals surface area contributed by atoms with Crippen molar-refractivity contribution in [3.8, 4) is 56.4 Å². The third-order valence-corrected chi connectivity index (χ3v) is 9.12. The maximum absolute atomic E-state index is 5.21. The highest BCUT2D eigenvalue weighted by Crippen LogP contribution is 2.40. The summed E-state index contributed by atoms with van der Waals surface area (Å²) in [6, 6.07) is 61.6. The van der Waals surface area contributed by atoms with Crippen LogP contribution < -0.4 is 0 Å². The van der Waals surface area contributed by atoms with Crippen molar-refractivity contribution < 1.29 is 0 Å². The Bertz CT molecular complexity index is 2550. The smallest absolute Gasteiger partial charge is 0.164 e. The van der Waals surface area contributed by atoms with Crippen LogP contribution in [-0.2, 0) is 0 Å². The molecule has 0 aliphatic rings. The van der Waals surface area contributed by atoms with E-state index in [1.165, 1.54) is 32.5 Å². The van der Waals surface area contributed by atoms with Crippen LogP contribution in [-0.4, -0.2) is 15.0 Å². The molecule has 1 aromatic heterocycles. The van der Waals surface area contributed by atoms with Crippen molar-refractivity contribution in [2.45, 2.75) is 0 Å². The van der Waals surface area contributed by atoms with Gasteiger partial charge in [0, 0.05) is 22.1 Å². The van der Waals surface area contributed by atoms with Gasteiger partial charge in [-0.25, -0.2) is 15.0 Å². The predicted molar refractivity (Wildman–Crippen MR) is 200 cm³/mol. The molecule has 224 valence electrons. The van der Waals surface area contributed by atoms with Crippen LogP contribution in [0, 0.1) is 0 Å². The summed E-state index contributed by atoms with van der Waals surface area (Å²) < 4.78 is 0. The Hall–Kier alpha value is -6.45. The maximum Gasteiger partial charge on any atom is 0.164 e. The molecule has 8 aromatic carbocycles. The average molecular weight is 612 g/mol. The topological polar surface area (TPSA) is 38.7 Å². The van der Waals surface area contributed by atoms with Crippen molar-refractivity contribution in [1.82, 2.24) is 15.0 Å². The summed E-state index contributed by atoms with van der Waals surface area (Å²) in [4.78, 5) is 15.5. The molecular formula is C45H29N3. The lowest BCUT2D eigenvalue weighted by molar-refractivity contribution is 1.08. The lowest BCUT2D eigenvalue weighted by atomic mass is 9.91. The van der Waals surface area contributed by atoms with Gasteiger partial charge in [0.25, 0.3) is 0 Å². The number of fused-ring (bicyclic) bond motifs is 6. The fourth-order valence-corrected chi connectivity index (χ4v) is 6.81. The molecule has 0 radical (unpaired) electrons. The van der Waals surface area contributed by atoms with Crippen LogP contribution in [0.4, 0.5) is 0 Å². The molecule has 0 aliphatic carbocycles. The highest BCUT2D eigenvalue weighted by molar-refractivity contribution is 6.28. The molecular weight excluding hydrogens is 583 g/mol. The van der Waals surface area contributed by atoms with Gasteiger partial charge in [0.2, 0.25) is 0 Å². The van der Waals surface area contributed by atoms with Gasteiger partial charge in [-0.1, -0.05) is 170 Å². The van der Waals surface area contributed by atoms with Crippen LogP contribution in [0.25, 0.3) is 88.7 Å². The normalized spacial score (nSPS) is 11.3. The van der Waals surface area contributed by atoms with Crippen molar-refractivity contribution in [3.05, 3.63) is 176 Å². The van der Waals surface area contributed by atoms with E-state index in [0.717, 1.165) is 38.8 Å². The van der Waals surface area contributed by atoms with E-state index in [4.69, 9.17) is 15.0 Å². The van der Waals surface area contributed by atoms with Gasteiger partial charge in [-0.15, -0.1) is 0 Å². The van der Waals surface area contributed by atoms with E-state index in [0.29, 0.717) is 17.5 Å². The fraction of sp³-hybridized carbons (Fsp3) is 0. The van der Waals surface area contributed by atoms with Crippen molar-refractivity contribution in [3.63, 3.8) is 0 Å². The summed E-state index contributed by atoms with van der Waals surface area (Å²) in [7, 11) is 0. The predicted octanol–water partition coefficient (Wildman–Crippen LogP) is 11.7. The summed E-state index contributed by atoms with van der Waals surface area (Å²) in [5.74, 6) is 1.93. The molecule has 0 fully saturated rings.